The van der Waals surface area contributed by atoms with Crippen molar-refractivity contribution in [2.75, 3.05) is 11.9 Å². The summed E-state index contributed by atoms with van der Waals surface area (Å²) in [7, 11) is 1.44. The topological polar surface area (TPSA) is 83.6 Å². The number of halogens is 3. The molecule has 0 spiro atoms. The lowest BCUT2D eigenvalue weighted by Gasteiger charge is -2.28. The van der Waals surface area contributed by atoms with Crippen LogP contribution < -0.4 is 10.6 Å². The summed E-state index contributed by atoms with van der Waals surface area (Å²) < 4.78 is 38.3. The molecule has 0 aromatic heterocycles. The maximum Gasteiger partial charge on any atom is 0.416 e. The Kier molecular flexibility index (Phi) is 6.09. The second-order valence-corrected chi connectivity index (χ2v) is 7.38. The fraction of sp³-hybridized carbons (Fsp3) is 0.167. The van der Waals surface area contributed by atoms with E-state index < -0.39 is 29.2 Å². The second kappa shape index (κ2) is 8.47. The molecule has 166 valence electrons. The fourth-order valence-electron chi connectivity index (χ4n) is 3.50. The first kappa shape index (κ1) is 23.0. The van der Waals surface area contributed by atoms with Gasteiger partial charge in [-0.05, 0) is 54.4 Å². The van der Waals surface area contributed by atoms with E-state index in [9.17, 15) is 27.9 Å². The van der Waals surface area contributed by atoms with E-state index in [1.54, 1.807) is 37.3 Å². The third-order valence-corrected chi connectivity index (χ3v) is 5.30. The zero-order chi connectivity index (χ0) is 23.7. The summed E-state index contributed by atoms with van der Waals surface area (Å²) in [5.74, 6) is -1.44. The number of nitrogens with two attached hydrogens (primary N) is 1. The van der Waals surface area contributed by atoms with Gasteiger partial charge >= 0.3 is 6.18 Å². The van der Waals surface area contributed by atoms with Crippen molar-refractivity contribution in [1.82, 2.24) is 0 Å². The molecule has 0 bridgehead atoms. The van der Waals surface area contributed by atoms with Crippen molar-refractivity contribution in [3.63, 3.8) is 0 Å². The minimum absolute atomic E-state index is 0.227. The molecule has 8 heteroatoms. The van der Waals surface area contributed by atoms with Gasteiger partial charge < -0.3 is 15.7 Å². The number of carbonyl (C=O) groups is 2. The van der Waals surface area contributed by atoms with Gasteiger partial charge in [-0.3, -0.25) is 9.59 Å². The first-order valence-electron chi connectivity index (χ1n) is 9.60. The van der Waals surface area contributed by atoms with Crippen LogP contribution in [0.5, 0.6) is 0 Å². The van der Waals surface area contributed by atoms with Gasteiger partial charge in [0.05, 0.1) is 5.56 Å². The molecule has 32 heavy (non-hydrogen) atoms. The number of hydrogen-bond donors (Lipinski definition) is 2. The van der Waals surface area contributed by atoms with E-state index in [-0.39, 0.29) is 22.4 Å². The lowest BCUT2D eigenvalue weighted by atomic mass is 9.82. The van der Waals surface area contributed by atoms with Crippen LogP contribution in [0.1, 0.15) is 32.6 Å². The molecule has 0 saturated heterocycles. The highest BCUT2D eigenvalue weighted by Crippen LogP contribution is 2.33. The molecule has 3 aromatic rings. The van der Waals surface area contributed by atoms with Crippen molar-refractivity contribution in [3.05, 3.63) is 101 Å². The lowest BCUT2D eigenvalue weighted by Crippen LogP contribution is -2.42. The van der Waals surface area contributed by atoms with Crippen molar-refractivity contribution in [3.8, 4) is 0 Å². The summed E-state index contributed by atoms with van der Waals surface area (Å²) in [6.07, 6.45) is -4.47. The molecule has 0 radical (unpaired) electrons. The van der Waals surface area contributed by atoms with E-state index in [1.807, 2.05) is 0 Å². The Morgan fingerprint density at radius 1 is 0.906 bits per heavy atom. The van der Waals surface area contributed by atoms with Gasteiger partial charge in [0, 0.05) is 23.9 Å². The highest BCUT2D eigenvalue weighted by Gasteiger charge is 2.39. The molecule has 0 aliphatic heterocycles. The van der Waals surface area contributed by atoms with Gasteiger partial charge in [-0.2, -0.15) is 13.2 Å². The second-order valence-electron chi connectivity index (χ2n) is 7.38. The van der Waals surface area contributed by atoms with Gasteiger partial charge in [0.15, 0.2) is 5.60 Å². The molecular formula is C24H21F3N2O3. The van der Waals surface area contributed by atoms with E-state index in [1.165, 1.54) is 42.3 Å². The molecule has 2 amide bonds. The predicted molar refractivity (Wildman–Crippen MR) is 114 cm³/mol. The first-order chi connectivity index (χ1) is 15.0. The van der Waals surface area contributed by atoms with Gasteiger partial charge in [0.2, 0.25) is 0 Å². The van der Waals surface area contributed by atoms with Gasteiger partial charge in [-0.15, -0.1) is 0 Å². The van der Waals surface area contributed by atoms with Crippen molar-refractivity contribution in [2.45, 2.75) is 18.7 Å². The SMILES string of the molecule is Cc1cc(C(=O)N(C)c2ccc(C(F)(F)F)cc2)ccc1C(O)(C(N)=O)c1ccccc1. The Morgan fingerprint density at radius 2 is 1.50 bits per heavy atom. The van der Waals surface area contributed by atoms with Crippen LogP contribution in [0.25, 0.3) is 0 Å². The number of amides is 2. The van der Waals surface area contributed by atoms with Crippen molar-refractivity contribution in [1.29, 1.82) is 0 Å². The van der Waals surface area contributed by atoms with Gasteiger partial charge in [0.25, 0.3) is 11.8 Å². The van der Waals surface area contributed by atoms with Crippen molar-refractivity contribution in [2.24, 2.45) is 5.73 Å². The molecule has 0 heterocycles. The molecule has 0 fully saturated rings. The zero-order valence-corrected chi connectivity index (χ0v) is 17.4. The highest BCUT2D eigenvalue weighted by molar-refractivity contribution is 6.06. The van der Waals surface area contributed by atoms with Crippen LogP contribution in [0.2, 0.25) is 0 Å². The minimum Gasteiger partial charge on any atom is -0.372 e. The molecule has 0 aliphatic carbocycles. The van der Waals surface area contributed by atoms with Crippen LogP contribution in [-0.2, 0) is 16.6 Å². The van der Waals surface area contributed by atoms with Crippen LogP contribution in [-0.4, -0.2) is 24.0 Å². The van der Waals surface area contributed by atoms with Crippen molar-refractivity contribution < 1.29 is 27.9 Å². The third-order valence-electron chi connectivity index (χ3n) is 5.30. The average Bonchev–Trinajstić information content (AvgIpc) is 2.77. The zero-order valence-electron chi connectivity index (χ0n) is 17.4. The number of rotatable bonds is 5. The summed E-state index contributed by atoms with van der Waals surface area (Å²) in [4.78, 5) is 26.3. The standard InChI is InChI=1S/C24H21F3N2O3/c1-15-14-16(21(30)29(2)19-11-9-18(10-12-19)24(25,26)27)8-13-20(15)23(32,22(28)31)17-6-4-3-5-7-17/h3-14,32H,1-2H3,(H2,28,31). The molecule has 3 N–H and O–H groups in total. The number of benzene rings is 3. The predicted octanol–water partition coefficient (Wildman–Crippen LogP) is 4.01. The Hall–Kier alpha value is -3.65. The Labute approximate surface area is 182 Å². The number of hydrogen-bond acceptors (Lipinski definition) is 3. The number of alkyl halides is 3. The maximum absolute atomic E-state index is 12.9. The lowest BCUT2D eigenvalue weighted by molar-refractivity contribution is -0.137. The van der Waals surface area contributed by atoms with Gasteiger partial charge in [-0.1, -0.05) is 36.4 Å². The van der Waals surface area contributed by atoms with Crippen LogP contribution in [0, 0.1) is 6.92 Å². The molecule has 3 aromatic carbocycles. The highest BCUT2D eigenvalue weighted by atomic mass is 19.4. The number of aryl methyl sites for hydroxylation is 1. The van der Waals surface area contributed by atoms with E-state index in [0.717, 1.165) is 12.1 Å². The largest absolute Gasteiger partial charge is 0.416 e. The minimum atomic E-state index is -4.47. The summed E-state index contributed by atoms with van der Waals surface area (Å²) >= 11 is 0. The summed E-state index contributed by atoms with van der Waals surface area (Å²) in [6.45, 7) is 1.63. The molecule has 0 saturated carbocycles. The van der Waals surface area contributed by atoms with Crippen LogP contribution in [0.3, 0.4) is 0 Å². The maximum atomic E-state index is 12.9. The normalized spacial score (nSPS) is 13.3. The molecule has 3 rings (SSSR count). The number of aliphatic hydroxyl groups is 1. The summed E-state index contributed by atoms with van der Waals surface area (Å²) in [5, 5.41) is 11.2. The Balaban J connectivity index is 1.93. The molecule has 1 unspecified atom stereocenters. The van der Waals surface area contributed by atoms with Crippen molar-refractivity contribution >= 4 is 17.5 Å². The van der Waals surface area contributed by atoms with Gasteiger partial charge in [-0.25, -0.2) is 0 Å². The Morgan fingerprint density at radius 3 is 2.00 bits per heavy atom. The molecule has 5 nitrogen and oxygen atoms in total. The number of nitrogens with zero attached hydrogens (tertiary/aromatic N) is 1. The Bertz CT molecular complexity index is 1150. The monoisotopic (exact) mass is 442 g/mol. The van der Waals surface area contributed by atoms with Crippen LogP contribution >= 0.6 is 0 Å². The molecular weight excluding hydrogens is 421 g/mol. The number of carbonyl (C=O) groups excluding carboxylic acids is 2. The quantitative estimate of drug-likeness (QED) is 0.626. The van der Waals surface area contributed by atoms with E-state index in [0.29, 0.717) is 5.56 Å². The smallest absolute Gasteiger partial charge is 0.372 e. The van der Waals surface area contributed by atoms with E-state index in [2.05, 4.69) is 0 Å². The van der Waals surface area contributed by atoms with E-state index in [4.69, 9.17) is 5.73 Å². The third kappa shape index (κ3) is 4.22. The molecule has 0 aliphatic rings. The number of anilines is 1. The first-order valence-corrected chi connectivity index (χ1v) is 9.60. The number of primary amides is 1. The van der Waals surface area contributed by atoms with Crippen LogP contribution in [0.4, 0.5) is 18.9 Å². The van der Waals surface area contributed by atoms with E-state index >= 15 is 0 Å². The van der Waals surface area contributed by atoms with Gasteiger partial charge in [0.1, 0.15) is 0 Å². The van der Waals surface area contributed by atoms with Crippen LogP contribution in [0.15, 0.2) is 72.8 Å². The fourth-order valence-corrected chi connectivity index (χ4v) is 3.50. The molecule has 1 atom stereocenters. The summed E-state index contributed by atoms with van der Waals surface area (Å²) in [5.41, 5.74) is 4.09. The average molecular weight is 442 g/mol. The summed E-state index contributed by atoms with van der Waals surface area (Å²) in [6, 6.07) is 16.8.